The molecule has 0 fully saturated rings. The van der Waals surface area contributed by atoms with Crippen LogP contribution in [-0.4, -0.2) is 37.0 Å². The Morgan fingerprint density at radius 3 is 2.67 bits per heavy atom. The van der Waals surface area contributed by atoms with Gasteiger partial charge in [-0.25, -0.2) is 0 Å². The minimum atomic E-state index is -0.757. The van der Waals surface area contributed by atoms with Crippen LogP contribution in [0.1, 0.15) is 12.5 Å². The second-order valence-electron chi connectivity index (χ2n) is 6.07. The van der Waals surface area contributed by atoms with E-state index < -0.39 is 27.5 Å². The van der Waals surface area contributed by atoms with E-state index in [9.17, 15) is 19.8 Å². The number of fused-ring (bicyclic) bond motifs is 1. The molecule has 1 aromatic carbocycles. The molecule has 2 aliphatic rings. The van der Waals surface area contributed by atoms with Gasteiger partial charge in [-0.1, -0.05) is 29.5 Å². The van der Waals surface area contributed by atoms with Crippen molar-refractivity contribution in [2.24, 2.45) is 11.8 Å². The SMILES string of the molecule is C[C@@H]1Cc2c(O)cc(O)cc2O[C@H]1C1C=C(NO)C(=O)C(=O)C1I. The summed E-state index contributed by atoms with van der Waals surface area (Å²) in [5, 5.41) is 28.7. The molecule has 1 heterocycles. The van der Waals surface area contributed by atoms with E-state index in [0.717, 1.165) is 0 Å². The molecule has 0 amide bonds. The summed E-state index contributed by atoms with van der Waals surface area (Å²) in [6.45, 7) is 1.92. The molecular weight excluding hydrogens is 429 g/mol. The number of hydroxylamine groups is 1. The number of allylic oxidation sites excluding steroid dienone is 1. The Morgan fingerprint density at radius 2 is 2.00 bits per heavy atom. The number of halogens is 1. The van der Waals surface area contributed by atoms with Crippen molar-refractivity contribution in [3.05, 3.63) is 29.5 Å². The number of carbonyl (C=O) groups excluding carboxylic acids is 2. The highest BCUT2D eigenvalue weighted by Crippen LogP contribution is 2.43. The van der Waals surface area contributed by atoms with Gasteiger partial charge < -0.3 is 14.9 Å². The van der Waals surface area contributed by atoms with Gasteiger partial charge in [0.15, 0.2) is 0 Å². The fourth-order valence-corrected chi connectivity index (χ4v) is 4.12. The average Bonchev–Trinajstić information content (AvgIpc) is 2.54. The van der Waals surface area contributed by atoms with Crippen LogP contribution in [0.5, 0.6) is 17.2 Å². The second kappa shape index (κ2) is 6.25. The quantitative estimate of drug-likeness (QED) is 0.236. The molecule has 8 heteroatoms. The first-order valence-electron chi connectivity index (χ1n) is 7.39. The molecule has 0 radical (unpaired) electrons. The minimum Gasteiger partial charge on any atom is -0.508 e. The van der Waals surface area contributed by atoms with E-state index in [-0.39, 0.29) is 23.1 Å². The van der Waals surface area contributed by atoms with Gasteiger partial charge in [-0.05, 0) is 18.4 Å². The molecule has 4 N–H and O–H groups in total. The second-order valence-corrected chi connectivity index (χ2v) is 7.41. The Bertz CT molecular complexity index is 746. The van der Waals surface area contributed by atoms with E-state index in [2.05, 4.69) is 0 Å². The van der Waals surface area contributed by atoms with Gasteiger partial charge in [-0.3, -0.25) is 20.3 Å². The molecule has 7 nitrogen and oxygen atoms in total. The van der Waals surface area contributed by atoms with Crippen LogP contribution in [0.2, 0.25) is 0 Å². The summed E-state index contributed by atoms with van der Waals surface area (Å²) in [5.74, 6) is -1.63. The Balaban J connectivity index is 1.99. The van der Waals surface area contributed by atoms with Gasteiger partial charge in [0, 0.05) is 23.6 Å². The highest BCUT2D eigenvalue weighted by molar-refractivity contribution is 14.1. The number of phenolic OH excluding ortho intramolecular Hbond substituents is 2. The van der Waals surface area contributed by atoms with Crippen LogP contribution in [0.4, 0.5) is 0 Å². The van der Waals surface area contributed by atoms with Crippen LogP contribution in [0.3, 0.4) is 0 Å². The molecule has 4 atom stereocenters. The lowest BCUT2D eigenvalue weighted by atomic mass is 9.79. The molecule has 128 valence electrons. The standard InChI is InChI=1S/C16H16INO6/c1-6-2-8-11(20)3-7(19)4-12(8)24-16(6)9-5-10(18-23)14(21)15(22)13(9)17/h3-6,9,13,16,18-20,23H,2H2,1H3/t6-,9?,13?,16-/m1/s1. The van der Waals surface area contributed by atoms with Crippen molar-refractivity contribution >= 4 is 34.2 Å². The average molecular weight is 445 g/mol. The number of hydrogen-bond acceptors (Lipinski definition) is 7. The third kappa shape index (κ3) is 2.73. The fraction of sp³-hybridized carbons (Fsp3) is 0.375. The number of aromatic hydroxyl groups is 2. The van der Waals surface area contributed by atoms with Crippen LogP contribution in [-0.2, 0) is 16.0 Å². The number of phenols is 2. The van der Waals surface area contributed by atoms with E-state index in [4.69, 9.17) is 9.94 Å². The van der Waals surface area contributed by atoms with Gasteiger partial charge in [-0.15, -0.1) is 0 Å². The summed E-state index contributed by atoms with van der Waals surface area (Å²) in [6, 6.07) is 2.67. The van der Waals surface area contributed by atoms with Crippen molar-refractivity contribution in [2.45, 2.75) is 23.4 Å². The van der Waals surface area contributed by atoms with Gasteiger partial charge in [0.05, 0.1) is 3.92 Å². The number of hydrogen-bond donors (Lipinski definition) is 4. The van der Waals surface area contributed by atoms with Crippen molar-refractivity contribution in [1.82, 2.24) is 5.48 Å². The van der Waals surface area contributed by atoms with Gasteiger partial charge in [-0.2, -0.15) is 0 Å². The number of carbonyl (C=O) groups is 2. The van der Waals surface area contributed by atoms with Crippen LogP contribution < -0.4 is 10.2 Å². The number of ketones is 2. The number of ether oxygens (including phenoxy) is 1. The van der Waals surface area contributed by atoms with Crippen molar-refractivity contribution in [3.63, 3.8) is 0 Å². The van der Waals surface area contributed by atoms with Gasteiger partial charge in [0.2, 0.25) is 11.6 Å². The van der Waals surface area contributed by atoms with Gasteiger partial charge in [0.25, 0.3) is 0 Å². The van der Waals surface area contributed by atoms with Crippen molar-refractivity contribution < 1.29 is 29.7 Å². The third-order valence-corrected chi connectivity index (χ3v) is 5.83. The summed E-state index contributed by atoms with van der Waals surface area (Å²) in [5.41, 5.74) is 2.22. The lowest BCUT2D eigenvalue weighted by molar-refractivity contribution is -0.136. The van der Waals surface area contributed by atoms with Gasteiger partial charge in [0.1, 0.15) is 29.0 Å². The van der Waals surface area contributed by atoms with Gasteiger partial charge >= 0.3 is 0 Å². The highest BCUT2D eigenvalue weighted by atomic mass is 127. The monoisotopic (exact) mass is 445 g/mol. The third-order valence-electron chi connectivity index (χ3n) is 4.44. The predicted octanol–water partition coefficient (Wildman–Crippen LogP) is 1.47. The summed E-state index contributed by atoms with van der Waals surface area (Å²) in [6.07, 6.45) is 1.57. The molecule has 0 bridgehead atoms. The Kier molecular flexibility index (Phi) is 4.43. The fourth-order valence-electron chi connectivity index (χ4n) is 3.22. The first-order valence-corrected chi connectivity index (χ1v) is 8.64. The van der Waals surface area contributed by atoms with Crippen LogP contribution in [0.25, 0.3) is 0 Å². The predicted molar refractivity (Wildman–Crippen MR) is 91.4 cm³/mol. The van der Waals surface area contributed by atoms with Crippen LogP contribution >= 0.6 is 22.6 Å². The van der Waals surface area contributed by atoms with Crippen molar-refractivity contribution in [3.8, 4) is 17.2 Å². The zero-order chi connectivity index (χ0) is 17.6. The molecule has 3 rings (SSSR count). The molecule has 1 aliphatic heterocycles. The molecular formula is C16H16INO6. The minimum absolute atomic E-state index is 0.0375. The maximum absolute atomic E-state index is 12.1. The normalized spacial score (nSPS) is 29.5. The van der Waals surface area contributed by atoms with Crippen molar-refractivity contribution in [1.29, 1.82) is 0 Å². The molecule has 0 spiro atoms. The van der Waals surface area contributed by atoms with E-state index in [1.165, 1.54) is 18.2 Å². The highest BCUT2D eigenvalue weighted by Gasteiger charge is 2.44. The first kappa shape index (κ1) is 17.0. The molecule has 0 aromatic heterocycles. The Labute approximate surface area is 151 Å². The largest absolute Gasteiger partial charge is 0.508 e. The number of nitrogens with one attached hydrogen (secondary N) is 1. The van der Waals surface area contributed by atoms with Crippen LogP contribution in [0.15, 0.2) is 23.9 Å². The van der Waals surface area contributed by atoms with Crippen molar-refractivity contribution in [2.75, 3.05) is 0 Å². The number of rotatable bonds is 2. The molecule has 0 saturated heterocycles. The molecule has 1 aliphatic carbocycles. The lowest BCUT2D eigenvalue weighted by Crippen LogP contribution is -2.48. The first-order chi connectivity index (χ1) is 11.3. The Hall–Kier alpha value is -1.81. The zero-order valence-electron chi connectivity index (χ0n) is 12.7. The summed E-state index contributed by atoms with van der Waals surface area (Å²) < 4.78 is 5.33. The lowest BCUT2D eigenvalue weighted by Gasteiger charge is -2.38. The Morgan fingerprint density at radius 1 is 1.29 bits per heavy atom. The van der Waals surface area contributed by atoms with E-state index in [0.29, 0.717) is 17.7 Å². The van der Waals surface area contributed by atoms with E-state index in [1.807, 2.05) is 29.5 Å². The topological polar surface area (TPSA) is 116 Å². The summed E-state index contributed by atoms with van der Waals surface area (Å²) in [7, 11) is 0. The molecule has 2 unspecified atom stereocenters. The molecule has 1 aromatic rings. The van der Waals surface area contributed by atoms with Crippen LogP contribution in [0, 0.1) is 11.8 Å². The van der Waals surface area contributed by atoms with E-state index in [1.54, 1.807) is 5.48 Å². The number of Topliss-reactive ketones (excluding diaryl/α,β-unsaturated/α-hetero) is 2. The van der Waals surface area contributed by atoms with E-state index >= 15 is 0 Å². The maximum Gasteiger partial charge on any atom is 0.247 e. The zero-order valence-corrected chi connectivity index (χ0v) is 14.9. The molecule has 24 heavy (non-hydrogen) atoms. The smallest absolute Gasteiger partial charge is 0.247 e. The number of alkyl halides is 1. The maximum atomic E-state index is 12.1. The summed E-state index contributed by atoms with van der Waals surface area (Å²) >= 11 is 1.91. The number of benzene rings is 1. The summed E-state index contributed by atoms with van der Waals surface area (Å²) in [4.78, 5) is 23.9. The molecule has 0 saturated carbocycles.